The Hall–Kier alpha value is -2.33. The van der Waals surface area contributed by atoms with Crippen molar-refractivity contribution in [3.8, 4) is 11.9 Å². The third-order valence-corrected chi connectivity index (χ3v) is 2.71. The molecule has 0 saturated heterocycles. The summed E-state index contributed by atoms with van der Waals surface area (Å²) in [7, 11) is 0. The molecule has 0 saturated carbocycles. The van der Waals surface area contributed by atoms with Gasteiger partial charge in [-0.15, -0.1) is 0 Å². The first-order chi connectivity index (χ1) is 9.36. The van der Waals surface area contributed by atoms with Gasteiger partial charge in [0.15, 0.2) is 11.5 Å². The molecule has 8 heteroatoms. The molecule has 0 spiro atoms. The van der Waals surface area contributed by atoms with Crippen molar-refractivity contribution in [2.24, 2.45) is 0 Å². The lowest BCUT2D eigenvalue weighted by Crippen LogP contribution is -2.08. The van der Waals surface area contributed by atoms with E-state index < -0.39 is 11.7 Å². The quantitative estimate of drug-likeness (QED) is 0.853. The van der Waals surface area contributed by atoms with Crippen molar-refractivity contribution in [1.29, 1.82) is 5.26 Å². The van der Waals surface area contributed by atoms with E-state index in [0.29, 0.717) is 11.8 Å². The van der Waals surface area contributed by atoms with Gasteiger partial charge >= 0.3 is 6.18 Å². The maximum atomic E-state index is 12.5. The molecular formula is C12H6ClF3N4. The molecule has 102 valence electrons. The zero-order valence-electron chi connectivity index (χ0n) is 9.82. The fraction of sp³-hybridized carbons (Fsp3) is 0.0833. The minimum Gasteiger partial charge on any atom is -0.235 e. The first-order valence-electron chi connectivity index (χ1n) is 5.22. The van der Waals surface area contributed by atoms with Gasteiger partial charge in [-0.25, -0.2) is 9.67 Å². The van der Waals surface area contributed by atoms with Crippen molar-refractivity contribution in [2.45, 2.75) is 6.18 Å². The smallest absolute Gasteiger partial charge is 0.235 e. The number of nitriles is 1. The molecule has 4 nitrogen and oxygen atoms in total. The Labute approximate surface area is 116 Å². The topological polar surface area (TPSA) is 54.5 Å². The number of hydrogen-bond donors (Lipinski definition) is 0. The van der Waals surface area contributed by atoms with Crippen LogP contribution in [0.4, 0.5) is 13.2 Å². The van der Waals surface area contributed by atoms with E-state index >= 15 is 0 Å². The second-order valence-electron chi connectivity index (χ2n) is 3.72. The van der Waals surface area contributed by atoms with Crippen molar-refractivity contribution < 1.29 is 13.2 Å². The Morgan fingerprint density at radius 3 is 2.60 bits per heavy atom. The number of hydrogen-bond acceptors (Lipinski definition) is 3. The summed E-state index contributed by atoms with van der Waals surface area (Å²) in [6.07, 6.45) is -1.06. The van der Waals surface area contributed by atoms with E-state index in [1.807, 2.05) is 6.07 Å². The maximum Gasteiger partial charge on any atom is 0.417 e. The van der Waals surface area contributed by atoms with Crippen molar-refractivity contribution in [3.05, 3.63) is 46.9 Å². The Kier molecular flexibility index (Phi) is 3.51. The first kappa shape index (κ1) is 14.1. The largest absolute Gasteiger partial charge is 0.417 e. The van der Waals surface area contributed by atoms with E-state index in [9.17, 15) is 13.2 Å². The number of pyridine rings is 1. The van der Waals surface area contributed by atoms with Gasteiger partial charge < -0.3 is 0 Å². The maximum absolute atomic E-state index is 12.5. The van der Waals surface area contributed by atoms with Crippen LogP contribution in [0.3, 0.4) is 0 Å². The molecule has 0 N–H and O–H groups in total. The summed E-state index contributed by atoms with van der Waals surface area (Å²) in [5.41, 5.74) is -0.439. The van der Waals surface area contributed by atoms with Crippen molar-refractivity contribution in [3.63, 3.8) is 0 Å². The fourth-order valence-electron chi connectivity index (χ4n) is 1.49. The van der Waals surface area contributed by atoms with Crippen LogP contribution in [0.15, 0.2) is 25.0 Å². The second kappa shape index (κ2) is 4.98. The normalized spacial score (nSPS) is 11.2. The number of nitrogens with zero attached hydrogens (tertiary/aromatic N) is 4. The summed E-state index contributed by atoms with van der Waals surface area (Å²) in [6.45, 7) is 3.51. The summed E-state index contributed by atoms with van der Waals surface area (Å²) in [5.74, 6) is 0.00395. The van der Waals surface area contributed by atoms with Gasteiger partial charge in [-0.3, -0.25) is 0 Å². The highest BCUT2D eigenvalue weighted by atomic mass is 35.5. The first-order valence-corrected chi connectivity index (χ1v) is 5.60. The highest BCUT2D eigenvalue weighted by Crippen LogP contribution is 2.31. The highest BCUT2D eigenvalue weighted by Gasteiger charge is 2.31. The third-order valence-electron chi connectivity index (χ3n) is 2.43. The number of alkyl halides is 3. The van der Waals surface area contributed by atoms with E-state index in [1.165, 1.54) is 12.3 Å². The van der Waals surface area contributed by atoms with Crippen LogP contribution in [0.25, 0.3) is 11.9 Å². The molecule has 2 aromatic rings. The molecule has 20 heavy (non-hydrogen) atoms. The fourth-order valence-corrected chi connectivity index (χ4v) is 1.74. The van der Waals surface area contributed by atoms with Crippen LogP contribution in [0.5, 0.6) is 0 Å². The van der Waals surface area contributed by atoms with Crippen LogP contribution in [-0.2, 0) is 6.18 Å². The molecule has 0 radical (unpaired) electrons. The van der Waals surface area contributed by atoms with E-state index in [2.05, 4.69) is 16.7 Å². The number of rotatable bonds is 2. The predicted molar refractivity (Wildman–Crippen MR) is 66.2 cm³/mol. The van der Waals surface area contributed by atoms with Gasteiger partial charge in [0.05, 0.1) is 10.6 Å². The van der Waals surface area contributed by atoms with E-state index in [1.54, 1.807) is 0 Å². The molecule has 2 heterocycles. The van der Waals surface area contributed by atoms with Crippen LogP contribution in [0.1, 0.15) is 16.8 Å². The molecule has 0 aliphatic carbocycles. The third kappa shape index (κ3) is 2.51. The van der Waals surface area contributed by atoms with Crippen LogP contribution in [0, 0.1) is 11.3 Å². The Morgan fingerprint density at radius 2 is 2.15 bits per heavy atom. The Morgan fingerprint density at radius 1 is 1.45 bits per heavy atom. The van der Waals surface area contributed by atoms with Crippen LogP contribution < -0.4 is 0 Å². The number of halogens is 4. The van der Waals surface area contributed by atoms with Gasteiger partial charge in [-0.1, -0.05) is 24.3 Å². The molecule has 2 rings (SSSR count). The lowest BCUT2D eigenvalue weighted by atomic mass is 10.2. The molecular weight excluding hydrogens is 293 g/mol. The zero-order chi connectivity index (χ0) is 14.9. The Balaban J connectivity index is 2.52. The van der Waals surface area contributed by atoms with Gasteiger partial charge in [0.25, 0.3) is 0 Å². The standard InChI is InChI=1S/C12H6ClF3N4/c1-2-7-6-20(19-10(7)4-17)11-9(13)3-8(5-18-11)12(14,15)16/h2-3,5-6H,1H2. The summed E-state index contributed by atoms with van der Waals surface area (Å²) in [6, 6.07) is 2.59. The van der Waals surface area contributed by atoms with Gasteiger partial charge in [0, 0.05) is 18.0 Å². The zero-order valence-corrected chi connectivity index (χ0v) is 10.6. The molecule has 2 aromatic heterocycles. The van der Waals surface area contributed by atoms with E-state index in [4.69, 9.17) is 16.9 Å². The minimum absolute atomic E-state index is 0.00395. The molecule has 0 aliphatic heterocycles. The summed E-state index contributed by atoms with van der Waals surface area (Å²) in [5, 5.41) is 12.5. The summed E-state index contributed by atoms with van der Waals surface area (Å²) < 4.78 is 38.6. The predicted octanol–water partition coefficient (Wildman–Crippen LogP) is 3.45. The minimum atomic E-state index is -4.52. The highest BCUT2D eigenvalue weighted by molar-refractivity contribution is 6.32. The van der Waals surface area contributed by atoms with E-state index in [0.717, 1.165) is 10.7 Å². The molecule has 0 fully saturated rings. The monoisotopic (exact) mass is 298 g/mol. The van der Waals surface area contributed by atoms with Crippen LogP contribution in [-0.4, -0.2) is 14.8 Å². The van der Waals surface area contributed by atoms with E-state index in [-0.39, 0.29) is 16.5 Å². The van der Waals surface area contributed by atoms with Gasteiger partial charge in [-0.2, -0.15) is 23.5 Å². The second-order valence-corrected chi connectivity index (χ2v) is 4.13. The molecule has 0 amide bonds. The average Bonchev–Trinajstić information content (AvgIpc) is 2.80. The van der Waals surface area contributed by atoms with Gasteiger partial charge in [-0.05, 0) is 6.07 Å². The van der Waals surface area contributed by atoms with Crippen LogP contribution in [0.2, 0.25) is 5.02 Å². The summed E-state index contributed by atoms with van der Waals surface area (Å²) in [4.78, 5) is 3.64. The molecule has 0 atom stereocenters. The number of aromatic nitrogens is 3. The van der Waals surface area contributed by atoms with Crippen LogP contribution >= 0.6 is 11.6 Å². The molecule has 0 unspecified atom stereocenters. The van der Waals surface area contributed by atoms with Crippen molar-refractivity contribution in [1.82, 2.24) is 14.8 Å². The molecule has 0 aliphatic rings. The van der Waals surface area contributed by atoms with Crippen molar-refractivity contribution >= 4 is 17.7 Å². The SMILES string of the molecule is C=Cc1cn(-c2ncc(C(F)(F)F)cc2Cl)nc1C#N. The molecule has 0 aromatic carbocycles. The van der Waals surface area contributed by atoms with Crippen molar-refractivity contribution in [2.75, 3.05) is 0 Å². The van der Waals surface area contributed by atoms with Gasteiger partial charge in [0.1, 0.15) is 6.07 Å². The lowest BCUT2D eigenvalue weighted by Gasteiger charge is -2.08. The van der Waals surface area contributed by atoms with Gasteiger partial charge in [0.2, 0.25) is 0 Å². The average molecular weight is 299 g/mol. The Bertz CT molecular complexity index is 712. The molecule has 0 bridgehead atoms. The summed E-state index contributed by atoms with van der Waals surface area (Å²) >= 11 is 5.79. The lowest BCUT2D eigenvalue weighted by molar-refractivity contribution is -0.137.